The van der Waals surface area contributed by atoms with Gasteiger partial charge in [0, 0.05) is 5.56 Å². The molecule has 2 aromatic rings. The molecule has 2 rings (SSSR count). The van der Waals surface area contributed by atoms with Crippen LogP contribution in [0.2, 0.25) is 0 Å². The molecule has 0 aliphatic rings. The molecule has 0 heterocycles. The normalized spacial score (nSPS) is 9.25. The van der Waals surface area contributed by atoms with Gasteiger partial charge in [0.15, 0.2) is 0 Å². The number of ether oxygens (including phenoxy) is 2. The van der Waals surface area contributed by atoms with Gasteiger partial charge in [-0.05, 0) is 36.4 Å². The number of hydrogen-bond acceptors (Lipinski definition) is 3. The van der Waals surface area contributed by atoms with Crippen LogP contribution in [0.1, 0.15) is 15.9 Å². The summed E-state index contributed by atoms with van der Waals surface area (Å²) in [5.74, 6) is 6.25. The molecule has 0 saturated heterocycles. The zero-order valence-corrected chi connectivity index (χ0v) is 11.1. The highest BCUT2D eigenvalue weighted by Gasteiger charge is 2.03. The molecule has 2 aromatic carbocycles. The third-order valence-electron chi connectivity index (χ3n) is 2.59. The Labute approximate surface area is 118 Å². The standard InChI is InChI=1S/C17H14O3/c1-19-17(18)15-9-11-16(12-10-15)20-13-5-8-14-6-3-2-4-7-14/h2-4,6-7,9-12H,13H2,1H3. The van der Waals surface area contributed by atoms with E-state index in [1.54, 1.807) is 24.3 Å². The summed E-state index contributed by atoms with van der Waals surface area (Å²) in [5.41, 5.74) is 1.45. The Morgan fingerprint density at radius 3 is 2.40 bits per heavy atom. The van der Waals surface area contributed by atoms with E-state index in [2.05, 4.69) is 16.6 Å². The van der Waals surface area contributed by atoms with Crippen LogP contribution < -0.4 is 4.74 Å². The first kappa shape index (κ1) is 13.7. The largest absolute Gasteiger partial charge is 0.481 e. The van der Waals surface area contributed by atoms with E-state index in [0.717, 1.165) is 5.56 Å². The molecule has 0 aliphatic carbocycles. The summed E-state index contributed by atoms with van der Waals surface area (Å²) < 4.78 is 10.1. The number of hydrogen-bond donors (Lipinski definition) is 0. The van der Waals surface area contributed by atoms with E-state index in [9.17, 15) is 4.79 Å². The average Bonchev–Trinajstić information content (AvgIpc) is 2.52. The van der Waals surface area contributed by atoms with Crippen LogP contribution in [0.3, 0.4) is 0 Å². The lowest BCUT2D eigenvalue weighted by atomic mass is 10.2. The second-order valence-corrected chi connectivity index (χ2v) is 3.97. The van der Waals surface area contributed by atoms with Gasteiger partial charge in [-0.25, -0.2) is 4.79 Å². The first-order valence-electron chi connectivity index (χ1n) is 6.14. The van der Waals surface area contributed by atoms with Crippen LogP contribution >= 0.6 is 0 Å². The lowest BCUT2D eigenvalue weighted by Gasteiger charge is -2.03. The molecule has 0 radical (unpaired) electrons. The third-order valence-corrected chi connectivity index (χ3v) is 2.59. The number of carbonyl (C=O) groups is 1. The smallest absolute Gasteiger partial charge is 0.337 e. The van der Waals surface area contributed by atoms with Crippen molar-refractivity contribution in [2.45, 2.75) is 0 Å². The molecule has 0 bridgehead atoms. The molecule has 0 N–H and O–H groups in total. The predicted molar refractivity (Wildman–Crippen MR) is 76.6 cm³/mol. The lowest BCUT2D eigenvalue weighted by molar-refractivity contribution is 0.0600. The maximum absolute atomic E-state index is 11.3. The predicted octanol–water partition coefficient (Wildman–Crippen LogP) is 2.90. The fourth-order valence-corrected chi connectivity index (χ4v) is 1.58. The van der Waals surface area contributed by atoms with E-state index in [0.29, 0.717) is 17.9 Å². The molecule has 0 aromatic heterocycles. The van der Waals surface area contributed by atoms with Gasteiger partial charge in [0.05, 0.1) is 12.7 Å². The van der Waals surface area contributed by atoms with Crippen molar-refractivity contribution in [1.82, 2.24) is 0 Å². The topological polar surface area (TPSA) is 35.5 Å². The van der Waals surface area contributed by atoms with Gasteiger partial charge < -0.3 is 9.47 Å². The van der Waals surface area contributed by atoms with Crippen molar-refractivity contribution in [3.05, 3.63) is 65.7 Å². The summed E-state index contributed by atoms with van der Waals surface area (Å²) in [6.07, 6.45) is 0. The molecular weight excluding hydrogens is 252 g/mol. The average molecular weight is 266 g/mol. The second kappa shape index (κ2) is 7.01. The van der Waals surface area contributed by atoms with Gasteiger partial charge >= 0.3 is 5.97 Å². The van der Waals surface area contributed by atoms with Crippen molar-refractivity contribution >= 4 is 5.97 Å². The van der Waals surface area contributed by atoms with Gasteiger partial charge in [0.2, 0.25) is 0 Å². The number of benzene rings is 2. The molecule has 0 saturated carbocycles. The molecule has 100 valence electrons. The summed E-state index contributed by atoms with van der Waals surface area (Å²) in [6, 6.07) is 16.5. The Hall–Kier alpha value is -2.73. The van der Waals surface area contributed by atoms with Crippen LogP contribution in [-0.2, 0) is 4.74 Å². The van der Waals surface area contributed by atoms with Crippen molar-refractivity contribution in [3.8, 4) is 17.6 Å². The summed E-state index contributed by atoms with van der Waals surface area (Å²) in [7, 11) is 1.35. The minimum atomic E-state index is -0.361. The van der Waals surface area contributed by atoms with E-state index < -0.39 is 0 Å². The van der Waals surface area contributed by atoms with Crippen LogP contribution in [0.4, 0.5) is 0 Å². The first-order chi connectivity index (χ1) is 9.79. The van der Waals surface area contributed by atoms with Crippen molar-refractivity contribution in [2.24, 2.45) is 0 Å². The zero-order chi connectivity index (χ0) is 14.2. The second-order valence-electron chi connectivity index (χ2n) is 3.97. The van der Waals surface area contributed by atoms with E-state index in [1.807, 2.05) is 30.3 Å². The third kappa shape index (κ3) is 3.89. The fourth-order valence-electron chi connectivity index (χ4n) is 1.58. The summed E-state index contributed by atoms with van der Waals surface area (Å²) in [6.45, 7) is 0.298. The molecular formula is C17H14O3. The molecule has 0 atom stereocenters. The number of carbonyl (C=O) groups excluding carboxylic acids is 1. The van der Waals surface area contributed by atoms with Gasteiger partial charge in [-0.2, -0.15) is 0 Å². The van der Waals surface area contributed by atoms with Crippen LogP contribution in [-0.4, -0.2) is 19.7 Å². The van der Waals surface area contributed by atoms with E-state index >= 15 is 0 Å². The SMILES string of the molecule is COC(=O)c1ccc(OCC#Cc2ccccc2)cc1. The molecule has 0 spiro atoms. The van der Waals surface area contributed by atoms with Crippen LogP contribution in [0.25, 0.3) is 0 Å². The number of rotatable bonds is 3. The molecule has 0 unspecified atom stereocenters. The van der Waals surface area contributed by atoms with Gasteiger partial charge in [-0.3, -0.25) is 0 Å². The van der Waals surface area contributed by atoms with E-state index in [4.69, 9.17) is 4.74 Å². The Bertz CT molecular complexity index is 619. The maximum Gasteiger partial charge on any atom is 0.337 e. The number of methoxy groups -OCH3 is 1. The fraction of sp³-hybridized carbons (Fsp3) is 0.118. The molecule has 0 fully saturated rings. The highest BCUT2D eigenvalue weighted by molar-refractivity contribution is 5.89. The summed E-state index contributed by atoms with van der Waals surface area (Å²) in [5, 5.41) is 0. The molecule has 20 heavy (non-hydrogen) atoms. The highest BCUT2D eigenvalue weighted by atomic mass is 16.5. The number of esters is 1. The van der Waals surface area contributed by atoms with Crippen LogP contribution in [0.15, 0.2) is 54.6 Å². The highest BCUT2D eigenvalue weighted by Crippen LogP contribution is 2.12. The lowest BCUT2D eigenvalue weighted by Crippen LogP contribution is -2.01. The van der Waals surface area contributed by atoms with Crippen molar-refractivity contribution in [3.63, 3.8) is 0 Å². The van der Waals surface area contributed by atoms with E-state index in [1.165, 1.54) is 7.11 Å². The quantitative estimate of drug-likeness (QED) is 0.633. The van der Waals surface area contributed by atoms with Crippen LogP contribution in [0.5, 0.6) is 5.75 Å². The molecule has 3 heteroatoms. The summed E-state index contributed by atoms with van der Waals surface area (Å²) >= 11 is 0. The van der Waals surface area contributed by atoms with Crippen molar-refractivity contribution < 1.29 is 14.3 Å². The molecule has 0 amide bonds. The minimum Gasteiger partial charge on any atom is -0.481 e. The van der Waals surface area contributed by atoms with Crippen molar-refractivity contribution in [2.75, 3.05) is 13.7 Å². The van der Waals surface area contributed by atoms with Crippen molar-refractivity contribution in [1.29, 1.82) is 0 Å². The zero-order valence-electron chi connectivity index (χ0n) is 11.1. The monoisotopic (exact) mass is 266 g/mol. The van der Waals surface area contributed by atoms with Gasteiger partial charge in [0.1, 0.15) is 12.4 Å². The first-order valence-corrected chi connectivity index (χ1v) is 6.14. The molecule has 0 aliphatic heterocycles. The Kier molecular flexibility index (Phi) is 4.80. The Balaban J connectivity index is 1.89. The minimum absolute atomic E-state index is 0.298. The maximum atomic E-state index is 11.3. The van der Waals surface area contributed by atoms with Gasteiger partial charge in [0.25, 0.3) is 0 Å². The Morgan fingerprint density at radius 2 is 1.75 bits per heavy atom. The molecule has 3 nitrogen and oxygen atoms in total. The van der Waals surface area contributed by atoms with E-state index in [-0.39, 0.29) is 5.97 Å². The van der Waals surface area contributed by atoms with Gasteiger partial charge in [-0.1, -0.05) is 30.0 Å². The summed E-state index contributed by atoms with van der Waals surface area (Å²) in [4.78, 5) is 11.3. The Morgan fingerprint density at radius 1 is 1.05 bits per heavy atom. The van der Waals surface area contributed by atoms with Gasteiger partial charge in [-0.15, -0.1) is 0 Å². The van der Waals surface area contributed by atoms with Crippen LogP contribution in [0, 0.1) is 11.8 Å².